The number of nitrogens with one attached hydrogen (secondary N) is 2. The Labute approximate surface area is 172 Å². The molecule has 0 fully saturated rings. The van der Waals surface area contributed by atoms with E-state index < -0.39 is 0 Å². The summed E-state index contributed by atoms with van der Waals surface area (Å²) in [5, 5.41) is 8.77. The van der Waals surface area contributed by atoms with Gasteiger partial charge in [0.05, 0.1) is 12.1 Å². The highest BCUT2D eigenvalue weighted by Gasteiger charge is 2.09. The number of carbonyl (C=O) groups is 2. The zero-order valence-corrected chi connectivity index (χ0v) is 16.9. The molecule has 2 amide bonds. The van der Waals surface area contributed by atoms with Crippen LogP contribution in [-0.2, 0) is 22.4 Å². The van der Waals surface area contributed by atoms with Gasteiger partial charge in [-0.1, -0.05) is 48.0 Å². The van der Waals surface area contributed by atoms with Gasteiger partial charge in [0.2, 0.25) is 11.8 Å². The minimum atomic E-state index is -0.114. The molecule has 3 aromatic rings. The molecule has 5 nitrogen and oxygen atoms in total. The molecule has 0 atom stereocenters. The van der Waals surface area contributed by atoms with Gasteiger partial charge in [0, 0.05) is 29.4 Å². The minimum absolute atomic E-state index is 0.0234. The van der Waals surface area contributed by atoms with Gasteiger partial charge in [-0.05, 0) is 29.7 Å². The third-order valence-electron chi connectivity index (χ3n) is 4.07. The summed E-state index contributed by atoms with van der Waals surface area (Å²) >= 11 is 7.26. The van der Waals surface area contributed by atoms with E-state index in [1.807, 2.05) is 41.8 Å². The Kier molecular flexibility index (Phi) is 6.79. The van der Waals surface area contributed by atoms with Crippen LogP contribution in [0.15, 0.2) is 53.9 Å². The fraction of sp³-hybridized carbons (Fsp3) is 0.190. The van der Waals surface area contributed by atoms with Gasteiger partial charge in [-0.3, -0.25) is 9.59 Å². The number of carbonyl (C=O) groups excluding carboxylic acids is 2. The Bertz CT molecular complexity index is 953. The van der Waals surface area contributed by atoms with Crippen molar-refractivity contribution < 1.29 is 9.59 Å². The van der Waals surface area contributed by atoms with E-state index in [-0.39, 0.29) is 18.2 Å². The topological polar surface area (TPSA) is 71.1 Å². The van der Waals surface area contributed by atoms with Crippen molar-refractivity contribution in [2.75, 3.05) is 11.9 Å². The van der Waals surface area contributed by atoms with Crippen LogP contribution in [0.5, 0.6) is 0 Å². The SMILES string of the molecule is CC(=O)NCCc1ccc(-c2csc(NC(=O)Cc3ccc(Cl)cc3)n2)cc1. The molecule has 28 heavy (non-hydrogen) atoms. The molecule has 1 heterocycles. The number of aromatic nitrogens is 1. The Morgan fingerprint density at radius 1 is 1.04 bits per heavy atom. The summed E-state index contributed by atoms with van der Waals surface area (Å²) in [6.45, 7) is 2.13. The molecule has 2 N–H and O–H groups in total. The summed E-state index contributed by atoms with van der Waals surface area (Å²) in [6.07, 6.45) is 1.05. The number of rotatable bonds is 7. The Hall–Kier alpha value is -2.70. The van der Waals surface area contributed by atoms with E-state index >= 15 is 0 Å². The highest BCUT2D eigenvalue weighted by molar-refractivity contribution is 7.14. The molecule has 7 heteroatoms. The quantitative estimate of drug-likeness (QED) is 0.605. The highest BCUT2D eigenvalue weighted by atomic mass is 35.5. The van der Waals surface area contributed by atoms with E-state index in [1.54, 1.807) is 12.1 Å². The largest absolute Gasteiger partial charge is 0.356 e. The number of hydrogen-bond donors (Lipinski definition) is 2. The van der Waals surface area contributed by atoms with Gasteiger partial charge in [0.1, 0.15) is 0 Å². The summed E-state index contributed by atoms with van der Waals surface area (Å²) in [7, 11) is 0. The Balaban J connectivity index is 1.56. The lowest BCUT2D eigenvalue weighted by Gasteiger charge is -2.04. The Morgan fingerprint density at radius 3 is 2.39 bits per heavy atom. The summed E-state index contributed by atoms with van der Waals surface area (Å²) in [5.41, 5.74) is 3.84. The maximum Gasteiger partial charge on any atom is 0.230 e. The van der Waals surface area contributed by atoms with E-state index in [1.165, 1.54) is 18.3 Å². The maximum absolute atomic E-state index is 12.2. The molecule has 0 radical (unpaired) electrons. The third-order valence-corrected chi connectivity index (χ3v) is 5.08. The average Bonchev–Trinajstić information content (AvgIpc) is 3.12. The van der Waals surface area contributed by atoms with Crippen LogP contribution in [0.1, 0.15) is 18.1 Å². The van der Waals surface area contributed by atoms with Crippen molar-refractivity contribution in [2.24, 2.45) is 0 Å². The van der Waals surface area contributed by atoms with E-state index in [0.717, 1.165) is 28.8 Å². The van der Waals surface area contributed by atoms with Crippen molar-refractivity contribution in [3.8, 4) is 11.3 Å². The number of thiazole rings is 1. The van der Waals surface area contributed by atoms with Crippen molar-refractivity contribution >= 4 is 39.9 Å². The zero-order chi connectivity index (χ0) is 19.9. The summed E-state index contributed by atoms with van der Waals surface area (Å²) in [6, 6.07) is 15.3. The van der Waals surface area contributed by atoms with Crippen molar-refractivity contribution in [2.45, 2.75) is 19.8 Å². The lowest BCUT2D eigenvalue weighted by atomic mass is 10.1. The Morgan fingerprint density at radius 2 is 1.71 bits per heavy atom. The standard InChI is InChI=1S/C21H20ClN3O2S/c1-14(26)23-11-10-15-2-6-17(7-3-15)19-13-28-21(24-19)25-20(27)12-16-4-8-18(22)9-5-16/h2-9,13H,10-12H2,1H3,(H,23,26)(H,24,25,27). The first-order valence-corrected chi connectivity index (χ1v) is 10.1. The molecule has 0 aliphatic carbocycles. The van der Waals surface area contributed by atoms with Gasteiger partial charge >= 0.3 is 0 Å². The molecule has 0 unspecified atom stereocenters. The number of nitrogens with zero attached hydrogens (tertiary/aromatic N) is 1. The van der Waals surface area contributed by atoms with E-state index in [4.69, 9.17) is 11.6 Å². The minimum Gasteiger partial charge on any atom is -0.356 e. The van der Waals surface area contributed by atoms with Crippen LogP contribution in [0, 0.1) is 0 Å². The van der Waals surface area contributed by atoms with E-state index in [9.17, 15) is 9.59 Å². The monoisotopic (exact) mass is 413 g/mol. The first-order chi connectivity index (χ1) is 13.5. The number of hydrogen-bond acceptors (Lipinski definition) is 4. The lowest BCUT2D eigenvalue weighted by molar-refractivity contribution is -0.119. The molecule has 0 spiro atoms. The molecular weight excluding hydrogens is 394 g/mol. The van der Waals surface area contributed by atoms with Crippen molar-refractivity contribution in [3.05, 3.63) is 70.1 Å². The average molecular weight is 414 g/mol. The molecule has 0 bridgehead atoms. The van der Waals surface area contributed by atoms with Crippen LogP contribution in [0.2, 0.25) is 5.02 Å². The predicted octanol–water partition coefficient (Wildman–Crippen LogP) is 4.32. The first-order valence-electron chi connectivity index (χ1n) is 8.83. The zero-order valence-electron chi connectivity index (χ0n) is 15.4. The molecule has 0 saturated heterocycles. The molecule has 0 aliphatic heterocycles. The summed E-state index contributed by atoms with van der Waals surface area (Å²) < 4.78 is 0. The van der Waals surface area contributed by atoms with Gasteiger partial charge in [-0.15, -0.1) is 11.3 Å². The second-order valence-corrected chi connectivity index (χ2v) is 7.61. The molecule has 0 aliphatic rings. The molecule has 144 valence electrons. The van der Waals surface area contributed by atoms with Crippen LogP contribution in [0.25, 0.3) is 11.3 Å². The van der Waals surface area contributed by atoms with E-state index in [2.05, 4.69) is 15.6 Å². The normalized spacial score (nSPS) is 10.5. The number of halogens is 1. The van der Waals surface area contributed by atoms with Crippen molar-refractivity contribution in [1.82, 2.24) is 10.3 Å². The third kappa shape index (κ3) is 5.90. The summed E-state index contributed by atoms with van der Waals surface area (Å²) in [5.74, 6) is -0.138. The van der Waals surface area contributed by atoms with Crippen LogP contribution in [0.3, 0.4) is 0 Å². The van der Waals surface area contributed by atoms with Crippen LogP contribution in [0.4, 0.5) is 5.13 Å². The molecule has 2 aromatic carbocycles. The van der Waals surface area contributed by atoms with Gasteiger partial charge in [-0.2, -0.15) is 0 Å². The smallest absolute Gasteiger partial charge is 0.230 e. The number of anilines is 1. The number of benzene rings is 2. The molecule has 3 rings (SSSR count). The predicted molar refractivity (Wildman–Crippen MR) is 114 cm³/mol. The van der Waals surface area contributed by atoms with Gasteiger partial charge < -0.3 is 10.6 Å². The fourth-order valence-electron chi connectivity index (χ4n) is 2.64. The first kappa shape index (κ1) is 20.0. The lowest BCUT2D eigenvalue weighted by Crippen LogP contribution is -2.22. The van der Waals surface area contributed by atoms with Crippen LogP contribution in [-0.4, -0.2) is 23.3 Å². The van der Waals surface area contributed by atoms with E-state index in [0.29, 0.717) is 16.7 Å². The molecule has 1 aromatic heterocycles. The summed E-state index contributed by atoms with van der Waals surface area (Å²) in [4.78, 5) is 27.6. The highest BCUT2D eigenvalue weighted by Crippen LogP contribution is 2.25. The van der Waals surface area contributed by atoms with Gasteiger partial charge in [-0.25, -0.2) is 4.98 Å². The second kappa shape index (κ2) is 9.48. The van der Waals surface area contributed by atoms with Crippen LogP contribution < -0.4 is 10.6 Å². The second-order valence-electron chi connectivity index (χ2n) is 6.32. The van der Waals surface area contributed by atoms with Crippen LogP contribution >= 0.6 is 22.9 Å². The maximum atomic E-state index is 12.2. The van der Waals surface area contributed by atoms with Gasteiger partial charge in [0.25, 0.3) is 0 Å². The van der Waals surface area contributed by atoms with Crippen molar-refractivity contribution in [1.29, 1.82) is 0 Å². The molecule has 0 saturated carbocycles. The van der Waals surface area contributed by atoms with Crippen molar-refractivity contribution in [3.63, 3.8) is 0 Å². The molecular formula is C21H20ClN3O2S. The fourth-order valence-corrected chi connectivity index (χ4v) is 3.50. The van der Waals surface area contributed by atoms with Gasteiger partial charge in [0.15, 0.2) is 5.13 Å². The number of amides is 2.